The number of carbonyl (C=O) groups excluding carboxylic acids is 1. The van der Waals surface area contributed by atoms with Crippen molar-refractivity contribution >= 4 is 50.5 Å². The van der Waals surface area contributed by atoms with Gasteiger partial charge in [0, 0.05) is 17.2 Å². The van der Waals surface area contributed by atoms with Crippen LogP contribution in [0, 0.1) is 11.3 Å². The molecule has 29 heavy (non-hydrogen) atoms. The number of nitrogens with one attached hydrogen (secondary N) is 1. The van der Waals surface area contributed by atoms with Crippen molar-refractivity contribution in [1.29, 1.82) is 5.26 Å². The average Bonchev–Trinajstić information content (AvgIpc) is 2.74. The number of nitriles is 1. The van der Waals surface area contributed by atoms with E-state index in [1.165, 1.54) is 11.8 Å². The maximum Gasteiger partial charge on any atom is 0.336 e. The molecule has 0 atom stereocenters. The smallest absolute Gasteiger partial charge is 0.333 e. The molecule has 0 spiro atoms. The highest BCUT2D eigenvalue weighted by Crippen LogP contribution is 2.14. The highest BCUT2D eigenvalue weighted by molar-refractivity contribution is 9.10. The number of urea groups is 1. The number of benzene rings is 2. The molecule has 2 amide bonds. The molecular formula is C21H20BrN5OS. The normalized spacial score (nSPS) is 11.6. The quantitative estimate of drug-likeness (QED) is 0.203. The molecule has 0 saturated carbocycles. The Morgan fingerprint density at radius 3 is 2.62 bits per heavy atom. The minimum atomic E-state index is -0.452. The van der Waals surface area contributed by atoms with Gasteiger partial charge in [-0.2, -0.15) is 5.26 Å². The number of amides is 2. The standard InChI is InChI=1S/C21H20BrN5OS/c1-16(29-14-11-17-3-7-19(22)8-4-17)25-12-2-13-26-21(28)27(24)20-9-5-18(15-23)6-10-20/h2-12,14H,13,24H2,1H3,(H,26,28)/b12-2+,14-11+,25-16?. The first-order valence-electron chi connectivity index (χ1n) is 8.60. The van der Waals surface area contributed by atoms with E-state index in [2.05, 4.69) is 26.2 Å². The maximum atomic E-state index is 12.0. The van der Waals surface area contributed by atoms with Crippen molar-refractivity contribution in [1.82, 2.24) is 5.32 Å². The number of thioether (sulfide) groups is 1. The second-order valence-electron chi connectivity index (χ2n) is 5.72. The van der Waals surface area contributed by atoms with Gasteiger partial charge in [0.15, 0.2) is 0 Å². The zero-order valence-electron chi connectivity index (χ0n) is 15.7. The Hall–Kier alpha value is -2.86. The molecule has 2 rings (SSSR count). The Balaban J connectivity index is 1.74. The lowest BCUT2D eigenvalue weighted by atomic mass is 10.2. The molecule has 0 fully saturated rings. The fraction of sp³-hybridized carbons (Fsp3) is 0.0952. The van der Waals surface area contributed by atoms with Crippen molar-refractivity contribution in [3.05, 3.63) is 81.8 Å². The first-order valence-corrected chi connectivity index (χ1v) is 10.3. The zero-order valence-corrected chi connectivity index (χ0v) is 18.2. The van der Waals surface area contributed by atoms with E-state index < -0.39 is 6.03 Å². The highest BCUT2D eigenvalue weighted by Gasteiger charge is 2.10. The monoisotopic (exact) mass is 469 g/mol. The fourth-order valence-corrected chi connectivity index (χ4v) is 2.88. The summed E-state index contributed by atoms with van der Waals surface area (Å²) in [5.41, 5.74) is 2.11. The molecule has 0 aliphatic heterocycles. The summed E-state index contributed by atoms with van der Waals surface area (Å²) in [6.45, 7) is 2.20. The highest BCUT2D eigenvalue weighted by atomic mass is 79.9. The van der Waals surface area contributed by atoms with E-state index in [-0.39, 0.29) is 0 Å². The van der Waals surface area contributed by atoms with Crippen LogP contribution in [0.15, 0.2) is 75.7 Å². The van der Waals surface area contributed by atoms with Crippen molar-refractivity contribution in [2.75, 3.05) is 11.6 Å². The van der Waals surface area contributed by atoms with Gasteiger partial charge < -0.3 is 5.32 Å². The van der Waals surface area contributed by atoms with Crippen LogP contribution >= 0.6 is 27.7 Å². The molecule has 0 aromatic heterocycles. The molecule has 0 bridgehead atoms. The van der Waals surface area contributed by atoms with Gasteiger partial charge in [-0.1, -0.05) is 39.8 Å². The SMILES string of the molecule is CC(=N/C=C/CNC(=O)N(N)c1ccc(C#N)cc1)S/C=C/c1ccc(Br)cc1. The number of halogens is 1. The molecule has 2 aromatic rings. The molecule has 148 valence electrons. The van der Waals surface area contributed by atoms with E-state index in [0.717, 1.165) is 20.1 Å². The number of hydrazine groups is 1. The molecule has 0 heterocycles. The minimum Gasteiger partial charge on any atom is -0.333 e. The van der Waals surface area contributed by atoms with Gasteiger partial charge in [-0.15, -0.1) is 0 Å². The molecule has 0 radical (unpaired) electrons. The lowest BCUT2D eigenvalue weighted by Gasteiger charge is -2.16. The third-order valence-electron chi connectivity index (χ3n) is 3.60. The first kappa shape index (κ1) is 22.4. The topological polar surface area (TPSA) is 94.5 Å². The van der Waals surface area contributed by atoms with Gasteiger partial charge in [-0.05, 0) is 66.4 Å². The number of rotatable bonds is 6. The Kier molecular flexibility index (Phi) is 9.18. The molecule has 0 saturated heterocycles. The van der Waals surface area contributed by atoms with Crippen molar-refractivity contribution in [2.45, 2.75) is 6.92 Å². The van der Waals surface area contributed by atoms with Gasteiger partial charge in [-0.25, -0.2) is 15.6 Å². The Morgan fingerprint density at radius 2 is 1.97 bits per heavy atom. The van der Waals surface area contributed by atoms with Crippen LogP contribution in [0.3, 0.4) is 0 Å². The molecule has 6 nitrogen and oxygen atoms in total. The molecule has 3 N–H and O–H groups in total. The average molecular weight is 470 g/mol. The van der Waals surface area contributed by atoms with Gasteiger partial charge in [0.1, 0.15) is 0 Å². The molecular weight excluding hydrogens is 450 g/mol. The summed E-state index contributed by atoms with van der Waals surface area (Å²) >= 11 is 4.92. The molecule has 0 unspecified atom stereocenters. The summed E-state index contributed by atoms with van der Waals surface area (Å²) in [4.78, 5) is 16.3. The lowest BCUT2D eigenvalue weighted by molar-refractivity contribution is 0.247. The summed E-state index contributed by atoms with van der Waals surface area (Å²) in [6.07, 6.45) is 5.38. The van der Waals surface area contributed by atoms with Gasteiger partial charge in [-0.3, -0.25) is 4.99 Å². The predicted octanol–water partition coefficient (Wildman–Crippen LogP) is 5.05. The van der Waals surface area contributed by atoms with E-state index in [4.69, 9.17) is 11.1 Å². The number of nitrogens with zero attached hydrogens (tertiary/aromatic N) is 3. The number of carbonyl (C=O) groups is 1. The number of hydrogen-bond acceptors (Lipinski definition) is 5. The van der Waals surface area contributed by atoms with Gasteiger partial charge in [0.05, 0.1) is 22.4 Å². The summed E-state index contributed by atoms with van der Waals surface area (Å²) in [5, 5.41) is 15.3. The van der Waals surface area contributed by atoms with E-state index >= 15 is 0 Å². The van der Waals surface area contributed by atoms with E-state index in [1.807, 2.05) is 48.7 Å². The maximum absolute atomic E-state index is 12.0. The van der Waals surface area contributed by atoms with Crippen LogP contribution in [-0.4, -0.2) is 17.6 Å². The van der Waals surface area contributed by atoms with Gasteiger partial charge in [0.25, 0.3) is 0 Å². The second kappa shape index (κ2) is 11.9. The van der Waals surface area contributed by atoms with Crippen LogP contribution in [0.2, 0.25) is 0 Å². The van der Waals surface area contributed by atoms with Crippen LogP contribution in [0.4, 0.5) is 10.5 Å². The number of nitrogens with two attached hydrogens (primary N) is 1. The van der Waals surface area contributed by atoms with Crippen molar-refractivity contribution < 1.29 is 4.79 Å². The Morgan fingerprint density at radius 1 is 1.28 bits per heavy atom. The van der Waals surface area contributed by atoms with Crippen LogP contribution in [0.5, 0.6) is 0 Å². The minimum absolute atomic E-state index is 0.291. The largest absolute Gasteiger partial charge is 0.336 e. The van der Waals surface area contributed by atoms with Crippen LogP contribution in [0.25, 0.3) is 6.08 Å². The van der Waals surface area contributed by atoms with Crippen molar-refractivity contribution in [3.8, 4) is 6.07 Å². The number of anilines is 1. The van der Waals surface area contributed by atoms with Crippen molar-refractivity contribution in [3.63, 3.8) is 0 Å². The second-order valence-corrected chi connectivity index (χ2v) is 7.73. The summed E-state index contributed by atoms with van der Waals surface area (Å²) in [7, 11) is 0. The van der Waals surface area contributed by atoms with E-state index in [0.29, 0.717) is 17.8 Å². The number of aliphatic imine (C=N–C) groups is 1. The molecule has 8 heteroatoms. The molecule has 0 aliphatic rings. The molecule has 2 aromatic carbocycles. The predicted molar refractivity (Wildman–Crippen MR) is 124 cm³/mol. The van der Waals surface area contributed by atoms with Crippen LogP contribution in [0.1, 0.15) is 18.1 Å². The Bertz CT molecular complexity index is 947. The lowest BCUT2D eigenvalue weighted by Crippen LogP contribution is -2.44. The summed E-state index contributed by atoms with van der Waals surface area (Å²) in [5.74, 6) is 5.78. The van der Waals surface area contributed by atoms with E-state index in [9.17, 15) is 4.79 Å². The molecule has 0 aliphatic carbocycles. The third kappa shape index (κ3) is 7.95. The first-order chi connectivity index (χ1) is 14.0. The summed E-state index contributed by atoms with van der Waals surface area (Å²) < 4.78 is 1.05. The van der Waals surface area contributed by atoms with Gasteiger partial charge in [0.2, 0.25) is 0 Å². The fourth-order valence-electron chi connectivity index (χ4n) is 2.07. The van der Waals surface area contributed by atoms with Crippen molar-refractivity contribution in [2.24, 2.45) is 10.8 Å². The van der Waals surface area contributed by atoms with Crippen LogP contribution in [-0.2, 0) is 0 Å². The van der Waals surface area contributed by atoms with Crippen LogP contribution < -0.4 is 16.2 Å². The summed E-state index contributed by atoms with van der Waals surface area (Å²) in [6, 6.07) is 16.0. The zero-order chi connectivity index (χ0) is 21.1. The Labute approximate surface area is 182 Å². The number of hydrogen-bond donors (Lipinski definition) is 2. The van der Waals surface area contributed by atoms with E-state index in [1.54, 1.807) is 36.5 Å². The van der Waals surface area contributed by atoms with Gasteiger partial charge >= 0.3 is 6.03 Å². The third-order valence-corrected chi connectivity index (χ3v) is 4.84.